The molecule has 0 saturated heterocycles. The highest BCUT2D eigenvalue weighted by Crippen LogP contribution is 2.33. The summed E-state index contributed by atoms with van der Waals surface area (Å²) < 4.78 is 18.5. The molecule has 0 radical (unpaired) electrons. The van der Waals surface area contributed by atoms with Crippen LogP contribution in [-0.2, 0) is 4.74 Å². The van der Waals surface area contributed by atoms with Crippen LogP contribution in [0.2, 0.25) is 0 Å². The van der Waals surface area contributed by atoms with Crippen LogP contribution in [0.15, 0.2) is 24.3 Å². The van der Waals surface area contributed by atoms with Gasteiger partial charge in [0.2, 0.25) is 0 Å². The van der Waals surface area contributed by atoms with Crippen molar-refractivity contribution in [1.29, 1.82) is 0 Å². The maximum Gasteiger partial charge on any atom is 0.149 e. The second-order valence-electron chi connectivity index (χ2n) is 3.07. The first kappa shape index (κ1) is 7.74. The summed E-state index contributed by atoms with van der Waals surface area (Å²) in [6, 6.07) is 7.53. The van der Waals surface area contributed by atoms with E-state index >= 15 is 0 Å². The van der Waals surface area contributed by atoms with Crippen molar-refractivity contribution in [2.75, 3.05) is 6.61 Å². The molecule has 2 rings (SSSR count). The van der Waals surface area contributed by atoms with Crippen molar-refractivity contribution in [3.8, 4) is 0 Å². The van der Waals surface area contributed by atoms with Gasteiger partial charge in [0, 0.05) is 0 Å². The Balaban J connectivity index is 2.47. The molecular weight excluding hydrogens is 155 g/mol. The van der Waals surface area contributed by atoms with Gasteiger partial charge in [-0.2, -0.15) is 0 Å². The summed E-state index contributed by atoms with van der Waals surface area (Å²) in [5.41, 5.74) is 1.77. The van der Waals surface area contributed by atoms with Crippen LogP contribution >= 0.6 is 0 Å². The van der Waals surface area contributed by atoms with Crippen molar-refractivity contribution >= 4 is 0 Å². The summed E-state index contributed by atoms with van der Waals surface area (Å²) in [6.07, 6.45) is -0.911. The molecule has 1 heterocycles. The Labute approximate surface area is 71.2 Å². The zero-order valence-electron chi connectivity index (χ0n) is 6.96. The molecule has 1 nitrogen and oxygen atoms in total. The summed E-state index contributed by atoms with van der Waals surface area (Å²) in [5.74, 6) is 0. The van der Waals surface area contributed by atoms with Gasteiger partial charge in [-0.1, -0.05) is 24.3 Å². The maximum absolute atomic E-state index is 13.2. The Hall–Kier alpha value is -0.890. The average Bonchev–Trinajstić information content (AvgIpc) is 2.12. The van der Waals surface area contributed by atoms with E-state index in [1.54, 1.807) is 0 Å². The number of fused-ring (bicyclic) bond motifs is 1. The molecule has 2 atom stereocenters. The molecule has 64 valence electrons. The Morgan fingerprint density at radius 3 is 2.67 bits per heavy atom. The molecule has 0 spiro atoms. The standard InChI is InChI=1S/C10H11FO/c1-7-8-4-2-3-5-9(8)10(11)6-12-7/h2-5,7,10H,6H2,1H3/t7-,10+/m1/s1. The maximum atomic E-state index is 13.2. The van der Waals surface area contributed by atoms with Crippen LogP contribution in [0.5, 0.6) is 0 Å². The highest BCUT2D eigenvalue weighted by molar-refractivity contribution is 5.32. The fourth-order valence-electron chi connectivity index (χ4n) is 1.57. The summed E-state index contributed by atoms with van der Waals surface area (Å²) in [5, 5.41) is 0. The molecule has 12 heavy (non-hydrogen) atoms. The number of hydrogen-bond acceptors (Lipinski definition) is 1. The predicted octanol–water partition coefficient (Wildman–Crippen LogP) is 2.79. The van der Waals surface area contributed by atoms with E-state index in [9.17, 15) is 4.39 Å². The van der Waals surface area contributed by atoms with Crippen LogP contribution in [-0.4, -0.2) is 6.61 Å². The fourth-order valence-corrected chi connectivity index (χ4v) is 1.57. The first-order chi connectivity index (χ1) is 5.79. The molecule has 0 unspecified atom stereocenters. The van der Waals surface area contributed by atoms with Crippen LogP contribution < -0.4 is 0 Å². The van der Waals surface area contributed by atoms with Crippen molar-refractivity contribution in [1.82, 2.24) is 0 Å². The number of alkyl halides is 1. The van der Waals surface area contributed by atoms with E-state index in [0.29, 0.717) is 0 Å². The van der Waals surface area contributed by atoms with Gasteiger partial charge in [0.15, 0.2) is 0 Å². The first-order valence-electron chi connectivity index (χ1n) is 4.13. The largest absolute Gasteiger partial charge is 0.370 e. The summed E-state index contributed by atoms with van der Waals surface area (Å²) >= 11 is 0. The Morgan fingerprint density at radius 2 is 2.00 bits per heavy atom. The molecule has 0 amide bonds. The van der Waals surface area contributed by atoms with Gasteiger partial charge in [-0.05, 0) is 18.1 Å². The van der Waals surface area contributed by atoms with E-state index in [0.717, 1.165) is 11.1 Å². The third-order valence-corrected chi connectivity index (χ3v) is 2.26. The van der Waals surface area contributed by atoms with Crippen LogP contribution in [0, 0.1) is 0 Å². The quantitative estimate of drug-likeness (QED) is 0.575. The number of ether oxygens (including phenoxy) is 1. The van der Waals surface area contributed by atoms with E-state index in [1.165, 1.54) is 0 Å². The molecule has 0 bridgehead atoms. The van der Waals surface area contributed by atoms with Crippen molar-refractivity contribution in [3.63, 3.8) is 0 Å². The van der Waals surface area contributed by atoms with Gasteiger partial charge in [-0.25, -0.2) is 4.39 Å². The first-order valence-corrected chi connectivity index (χ1v) is 4.13. The van der Waals surface area contributed by atoms with Gasteiger partial charge >= 0.3 is 0 Å². The normalized spacial score (nSPS) is 28.2. The van der Waals surface area contributed by atoms with E-state index in [-0.39, 0.29) is 12.7 Å². The number of hydrogen-bond donors (Lipinski definition) is 0. The number of benzene rings is 1. The lowest BCUT2D eigenvalue weighted by Crippen LogP contribution is -2.16. The van der Waals surface area contributed by atoms with Crippen molar-refractivity contribution < 1.29 is 9.13 Å². The molecule has 1 aliphatic rings. The molecule has 1 aliphatic heterocycles. The van der Waals surface area contributed by atoms with Gasteiger partial charge in [0.25, 0.3) is 0 Å². The molecule has 2 heteroatoms. The smallest absolute Gasteiger partial charge is 0.149 e. The number of halogens is 1. The van der Waals surface area contributed by atoms with E-state index in [2.05, 4.69) is 0 Å². The molecule has 0 aliphatic carbocycles. The average molecular weight is 166 g/mol. The molecular formula is C10H11FO. The fraction of sp³-hybridized carbons (Fsp3) is 0.400. The highest BCUT2D eigenvalue weighted by atomic mass is 19.1. The topological polar surface area (TPSA) is 9.23 Å². The lowest BCUT2D eigenvalue weighted by atomic mass is 9.97. The van der Waals surface area contributed by atoms with Gasteiger partial charge in [0.05, 0.1) is 12.7 Å². The molecule has 1 aromatic carbocycles. The summed E-state index contributed by atoms with van der Waals surface area (Å²) in [7, 11) is 0. The predicted molar refractivity (Wildman–Crippen MR) is 44.7 cm³/mol. The minimum atomic E-state index is -0.947. The second-order valence-corrected chi connectivity index (χ2v) is 3.07. The van der Waals surface area contributed by atoms with Crippen LogP contribution in [0.3, 0.4) is 0 Å². The lowest BCUT2D eigenvalue weighted by Gasteiger charge is -2.25. The van der Waals surface area contributed by atoms with Crippen molar-refractivity contribution in [2.45, 2.75) is 19.2 Å². The van der Waals surface area contributed by atoms with Gasteiger partial charge in [-0.15, -0.1) is 0 Å². The number of rotatable bonds is 0. The zero-order valence-corrected chi connectivity index (χ0v) is 6.96. The summed E-state index contributed by atoms with van der Waals surface area (Å²) in [6.45, 7) is 2.14. The Bertz CT molecular complexity index is 256. The summed E-state index contributed by atoms with van der Waals surface area (Å²) in [4.78, 5) is 0. The van der Waals surface area contributed by atoms with Gasteiger partial charge in [0.1, 0.15) is 6.17 Å². The molecule has 0 fully saturated rings. The highest BCUT2D eigenvalue weighted by Gasteiger charge is 2.23. The van der Waals surface area contributed by atoms with Crippen LogP contribution in [0.25, 0.3) is 0 Å². The molecule has 0 saturated carbocycles. The minimum absolute atomic E-state index is 0.0354. The van der Waals surface area contributed by atoms with E-state index in [4.69, 9.17) is 4.74 Å². The molecule has 0 aromatic heterocycles. The van der Waals surface area contributed by atoms with Gasteiger partial charge < -0.3 is 4.74 Å². The minimum Gasteiger partial charge on any atom is -0.370 e. The van der Waals surface area contributed by atoms with Crippen LogP contribution in [0.1, 0.15) is 30.3 Å². The third-order valence-electron chi connectivity index (χ3n) is 2.26. The van der Waals surface area contributed by atoms with E-state index < -0.39 is 6.17 Å². The zero-order chi connectivity index (χ0) is 8.55. The van der Waals surface area contributed by atoms with Crippen LogP contribution in [0.4, 0.5) is 4.39 Å². The van der Waals surface area contributed by atoms with Gasteiger partial charge in [-0.3, -0.25) is 0 Å². The molecule has 0 N–H and O–H groups in total. The van der Waals surface area contributed by atoms with Crippen molar-refractivity contribution in [2.24, 2.45) is 0 Å². The SMILES string of the molecule is C[C@H]1OC[C@H](F)c2ccccc21. The second kappa shape index (κ2) is 2.87. The monoisotopic (exact) mass is 166 g/mol. The third kappa shape index (κ3) is 1.12. The Kier molecular flexibility index (Phi) is 1.85. The molecule has 1 aromatic rings. The lowest BCUT2D eigenvalue weighted by molar-refractivity contribution is 0.00915. The van der Waals surface area contributed by atoms with Crippen molar-refractivity contribution in [3.05, 3.63) is 35.4 Å². The van der Waals surface area contributed by atoms with E-state index in [1.807, 2.05) is 31.2 Å². The Morgan fingerprint density at radius 1 is 1.33 bits per heavy atom.